The number of nitrogen functional groups attached to an aromatic ring is 1. The molecule has 0 bridgehead atoms. The molecule has 0 saturated heterocycles. The Morgan fingerprint density at radius 1 is 0.667 bits per heavy atom. The van der Waals surface area contributed by atoms with Gasteiger partial charge in [0.25, 0.3) is 28.1 Å². The third-order valence-electron chi connectivity index (χ3n) is 7.56. The molecule has 0 spiro atoms. The van der Waals surface area contributed by atoms with E-state index in [0.29, 0.717) is 27.7 Å². The van der Waals surface area contributed by atoms with Crippen LogP contribution in [0.5, 0.6) is 0 Å². The number of H-pyrrole nitrogens is 3. The van der Waals surface area contributed by atoms with Crippen LogP contribution in [0.2, 0.25) is 0 Å². The molecular formula is C38H43I3N9O9V. The molecule has 3 aromatic heterocycles. The number of aryl methyl sites for hydroxylation is 4. The first-order valence-electron chi connectivity index (χ1n) is 15.9. The van der Waals surface area contributed by atoms with E-state index in [-0.39, 0.29) is 77.1 Å². The summed E-state index contributed by atoms with van der Waals surface area (Å²) in [5, 5.41) is 31.1. The molecular weight excluding hydrogens is 1160 g/mol. The zero-order chi connectivity index (χ0) is 42.6. The molecule has 4 aromatic carbocycles. The summed E-state index contributed by atoms with van der Waals surface area (Å²) in [5.74, 6) is -0.984. The molecule has 6 N–H and O–H groups in total. The first-order chi connectivity index (χ1) is 26.8. The Bertz CT molecular complexity index is 2760. The van der Waals surface area contributed by atoms with Crippen molar-refractivity contribution >= 4 is 116 Å². The number of nitro benzene ring substituents is 2. The van der Waals surface area contributed by atoms with Crippen LogP contribution in [0.3, 0.4) is 0 Å². The van der Waals surface area contributed by atoms with Crippen LogP contribution in [-0.2, 0) is 4.92 Å². The van der Waals surface area contributed by atoms with Crippen molar-refractivity contribution in [3.05, 3.63) is 159 Å². The number of benzene rings is 4. The van der Waals surface area contributed by atoms with Crippen LogP contribution in [0, 0.1) is 47.9 Å². The van der Waals surface area contributed by atoms with Crippen LogP contribution in [0.4, 0.5) is 17.1 Å². The van der Waals surface area contributed by atoms with Crippen molar-refractivity contribution in [2.75, 3.05) is 5.73 Å². The van der Waals surface area contributed by atoms with Crippen molar-refractivity contribution in [3.8, 4) is 0 Å². The fourth-order valence-electron chi connectivity index (χ4n) is 4.92. The quantitative estimate of drug-likeness (QED) is 0.0478. The van der Waals surface area contributed by atoms with Crippen molar-refractivity contribution < 1.29 is 24.7 Å². The van der Waals surface area contributed by atoms with Crippen molar-refractivity contribution in [2.45, 2.75) is 50.0 Å². The molecule has 0 amide bonds. The van der Waals surface area contributed by atoms with Gasteiger partial charge in [-0.1, -0.05) is 40.5 Å². The first-order valence-corrected chi connectivity index (χ1v) is 29.4. The van der Waals surface area contributed by atoms with Gasteiger partial charge in [-0.3, -0.25) is 34.6 Å². The Morgan fingerprint density at radius 3 is 1.65 bits per heavy atom. The number of carboxylic acid groups (broad SMARTS) is 1. The van der Waals surface area contributed by atoms with Crippen LogP contribution in [0.25, 0.3) is 32.7 Å². The van der Waals surface area contributed by atoms with Gasteiger partial charge in [-0.2, -0.15) is 0 Å². The van der Waals surface area contributed by atoms with Crippen LogP contribution in [0.1, 0.15) is 54.9 Å². The fraction of sp³-hybridized carbons (Fsp3) is 0.184. The number of fused-ring (bicyclic) bond motifs is 3. The SMILES string of the molecule is C.C.C.Cc1cc2nc[nH]c(=O)c2cc1[N+](=O)[O-].Cc1ccc(C(=O)O)c(N)c1.Cc1ccc2c(=O)[nH]cnc2c1.Cc1ccc2c(=O)[nH]cnc2c1[N+](=O)[O-].[I][V]([I])[I]. The van der Waals surface area contributed by atoms with Gasteiger partial charge in [0, 0.05) is 22.9 Å². The van der Waals surface area contributed by atoms with E-state index >= 15 is 0 Å². The number of carbonyl (C=O) groups is 1. The summed E-state index contributed by atoms with van der Waals surface area (Å²) >= 11 is 7.39. The number of aromatic nitrogens is 6. The third kappa shape index (κ3) is 15.6. The summed E-state index contributed by atoms with van der Waals surface area (Å²) in [7, 11) is 0. The summed E-state index contributed by atoms with van der Waals surface area (Å²) in [6, 6.07) is 16.3. The Balaban J connectivity index is 0.000000743. The van der Waals surface area contributed by atoms with Crippen LogP contribution in [-0.4, -0.2) is 50.8 Å². The van der Waals surface area contributed by atoms with E-state index in [9.17, 15) is 39.4 Å². The maximum atomic E-state index is 11.3. The fourth-order valence-corrected chi connectivity index (χ4v) is 4.92. The zero-order valence-electron chi connectivity index (χ0n) is 30.1. The van der Waals surface area contributed by atoms with Crippen LogP contribution >= 0.6 is 59.9 Å². The van der Waals surface area contributed by atoms with Crippen molar-refractivity contribution in [2.24, 2.45) is 0 Å². The van der Waals surface area contributed by atoms with E-state index in [1.165, 1.54) is 43.0 Å². The standard InChI is InChI=1S/2C9H7N3O3.C9H8N2O.C8H9NO2.3CH4.3HI.V/c1-5-2-7-6(3-8(5)12(14)15)9(13)11-4-10-7;1-5-2-3-6-7(8(5)12(14)15)10-4-11-9(6)13;1-6-2-3-7-8(4-6)10-5-11-9(7)12;1-5-2-3-6(8(10)11)7(9)4-5;;;;;;;/h2*2-4H,1H3,(H,10,11,13);2-5H,1H3,(H,10,11,12);2-4H,9H2,1H3,(H,10,11);3*1H4;3*1H;/q;;;;;;;;;;+3/p-3. The van der Waals surface area contributed by atoms with Crippen molar-refractivity contribution in [3.63, 3.8) is 0 Å². The van der Waals surface area contributed by atoms with Crippen LogP contribution in [0.15, 0.2) is 94.0 Å². The molecule has 0 aliphatic rings. The molecule has 60 heavy (non-hydrogen) atoms. The molecule has 320 valence electrons. The molecule has 7 aromatic rings. The number of nitrogens with zero attached hydrogens (tertiary/aromatic N) is 5. The minimum atomic E-state index is -0.984. The molecule has 0 radical (unpaired) electrons. The molecule has 0 atom stereocenters. The normalized spacial score (nSPS) is 9.67. The van der Waals surface area contributed by atoms with E-state index in [2.05, 4.69) is 89.8 Å². The molecule has 7 rings (SSSR count). The zero-order valence-corrected chi connectivity index (χ0v) is 38.0. The molecule has 3 heterocycles. The van der Waals surface area contributed by atoms with Crippen LogP contribution < -0.4 is 22.4 Å². The molecule has 0 fully saturated rings. The third-order valence-corrected chi connectivity index (χ3v) is 7.56. The number of aromatic amines is 3. The van der Waals surface area contributed by atoms with Gasteiger partial charge >= 0.3 is 70.8 Å². The predicted molar refractivity (Wildman–Crippen MR) is 259 cm³/mol. The maximum absolute atomic E-state index is 11.3. The monoisotopic (exact) mass is 1200 g/mol. The number of rotatable bonds is 3. The minimum absolute atomic E-state index is 0. The summed E-state index contributed by atoms with van der Waals surface area (Å²) < 4.78 is 0. The van der Waals surface area contributed by atoms with Gasteiger partial charge in [0.1, 0.15) is 0 Å². The molecule has 18 nitrogen and oxygen atoms in total. The predicted octanol–water partition coefficient (Wildman–Crippen LogP) is 9.35. The molecule has 0 aliphatic heterocycles. The van der Waals surface area contributed by atoms with E-state index < -0.39 is 15.8 Å². The number of halogens is 3. The number of carboxylic acids is 1. The van der Waals surface area contributed by atoms with Gasteiger partial charge in [0.05, 0.1) is 61.6 Å². The Labute approximate surface area is 381 Å². The number of hydrogen-bond acceptors (Lipinski definition) is 12. The number of aromatic carboxylic acids is 1. The van der Waals surface area contributed by atoms with Gasteiger partial charge in [-0.25, -0.2) is 19.7 Å². The summed E-state index contributed by atoms with van der Waals surface area (Å²) in [5.41, 5.74) is 9.31. The Kier molecular flexibility index (Phi) is 23.6. The van der Waals surface area contributed by atoms with E-state index in [0.717, 1.165) is 23.0 Å². The Morgan fingerprint density at radius 2 is 1.13 bits per heavy atom. The summed E-state index contributed by atoms with van der Waals surface area (Å²) in [4.78, 5) is 83.5. The molecule has 22 heteroatoms. The second-order valence-electron chi connectivity index (χ2n) is 11.6. The van der Waals surface area contributed by atoms with E-state index in [4.69, 9.17) is 10.8 Å². The number of nitrogens with two attached hydrogens (primary N) is 1. The van der Waals surface area contributed by atoms with E-state index in [1.54, 1.807) is 32.0 Å². The molecule has 0 aliphatic carbocycles. The first kappa shape index (κ1) is 55.1. The number of hydrogen-bond donors (Lipinski definition) is 5. The second kappa shape index (κ2) is 25.7. The topological polar surface area (TPSA) is 287 Å². The molecule has 0 unspecified atom stereocenters. The van der Waals surface area contributed by atoms with Gasteiger partial charge < -0.3 is 25.8 Å². The summed E-state index contributed by atoms with van der Waals surface area (Å²) in [6.45, 7) is 7.06. The Hall–Kier alpha value is -4.86. The second-order valence-corrected chi connectivity index (χ2v) is 47.0. The number of nitro groups is 2. The molecule has 0 saturated carbocycles. The van der Waals surface area contributed by atoms with Gasteiger partial charge in [0.15, 0.2) is 5.52 Å². The van der Waals surface area contributed by atoms with Gasteiger partial charge in [-0.05, 0) is 75.2 Å². The average molecular weight is 1200 g/mol. The number of anilines is 1. The average Bonchev–Trinajstić information content (AvgIpc) is 3.12. The van der Waals surface area contributed by atoms with E-state index in [1.807, 2.05) is 26.0 Å². The van der Waals surface area contributed by atoms with Gasteiger partial charge in [0.2, 0.25) is 0 Å². The summed E-state index contributed by atoms with van der Waals surface area (Å²) in [6.07, 6.45) is 3.86. The van der Waals surface area contributed by atoms with Crippen molar-refractivity contribution in [1.82, 2.24) is 29.9 Å². The van der Waals surface area contributed by atoms with Gasteiger partial charge in [-0.15, -0.1) is 0 Å². The number of nitrogens with one attached hydrogen (secondary N) is 3. The van der Waals surface area contributed by atoms with Crippen molar-refractivity contribution in [1.29, 1.82) is 0 Å².